The van der Waals surface area contributed by atoms with Crippen LogP contribution in [0.15, 0.2) is 47.5 Å². The van der Waals surface area contributed by atoms with Crippen molar-refractivity contribution in [2.75, 3.05) is 27.2 Å². The van der Waals surface area contributed by atoms with Crippen molar-refractivity contribution in [3.8, 4) is 0 Å². The van der Waals surface area contributed by atoms with Crippen LogP contribution in [0.4, 0.5) is 0 Å². The minimum absolute atomic E-state index is 0.398. The summed E-state index contributed by atoms with van der Waals surface area (Å²) < 4.78 is 0. The predicted octanol–water partition coefficient (Wildman–Crippen LogP) is 2.43. The molecule has 126 valence electrons. The van der Waals surface area contributed by atoms with Crippen LogP contribution in [-0.4, -0.2) is 50.1 Å². The van der Waals surface area contributed by atoms with E-state index in [4.69, 9.17) is 4.99 Å². The van der Waals surface area contributed by atoms with E-state index in [1.165, 1.54) is 5.56 Å². The highest BCUT2D eigenvalue weighted by Crippen LogP contribution is 2.09. The topological polar surface area (TPSA) is 39.7 Å². The van der Waals surface area contributed by atoms with E-state index >= 15 is 0 Å². The van der Waals surface area contributed by atoms with E-state index in [1.807, 2.05) is 0 Å². The van der Waals surface area contributed by atoms with Crippen LogP contribution in [0.5, 0.6) is 0 Å². The molecule has 0 amide bonds. The van der Waals surface area contributed by atoms with Crippen LogP contribution in [0, 0.1) is 0 Å². The Bertz CT molecular complexity index is 499. The predicted molar refractivity (Wildman–Crippen MR) is 98.9 cm³/mol. The van der Waals surface area contributed by atoms with E-state index in [0.29, 0.717) is 12.1 Å². The average Bonchev–Trinajstić information content (AvgIpc) is 3.05. The summed E-state index contributed by atoms with van der Waals surface area (Å²) in [7, 11) is 4.26. The maximum absolute atomic E-state index is 4.82. The summed E-state index contributed by atoms with van der Waals surface area (Å²) in [6, 6.07) is 11.5. The summed E-state index contributed by atoms with van der Waals surface area (Å²) in [5.41, 5.74) is 1.36. The van der Waals surface area contributed by atoms with E-state index in [9.17, 15) is 0 Å². The average molecular weight is 314 g/mol. The first-order chi connectivity index (χ1) is 11.2. The molecule has 0 saturated carbocycles. The van der Waals surface area contributed by atoms with E-state index in [0.717, 1.165) is 38.3 Å². The van der Waals surface area contributed by atoms with Crippen molar-refractivity contribution in [2.24, 2.45) is 4.99 Å². The molecule has 0 fully saturated rings. The van der Waals surface area contributed by atoms with E-state index in [2.05, 4.69) is 79.0 Å². The monoisotopic (exact) mass is 314 g/mol. The van der Waals surface area contributed by atoms with Gasteiger partial charge in [0.15, 0.2) is 5.96 Å². The number of hydrogen-bond acceptors (Lipinski definition) is 2. The summed E-state index contributed by atoms with van der Waals surface area (Å²) >= 11 is 0. The third-order valence-electron chi connectivity index (χ3n) is 4.20. The van der Waals surface area contributed by atoms with Gasteiger partial charge in [-0.05, 0) is 45.8 Å². The Morgan fingerprint density at radius 3 is 2.52 bits per heavy atom. The largest absolute Gasteiger partial charge is 0.357 e. The number of aliphatic imine (C=N–C) groups is 1. The van der Waals surface area contributed by atoms with Gasteiger partial charge in [0.1, 0.15) is 0 Å². The lowest BCUT2D eigenvalue weighted by molar-refractivity contribution is 0.298. The van der Waals surface area contributed by atoms with E-state index in [-0.39, 0.29) is 0 Å². The molecule has 1 aromatic carbocycles. The molecular weight excluding hydrogens is 284 g/mol. The van der Waals surface area contributed by atoms with Gasteiger partial charge < -0.3 is 15.5 Å². The van der Waals surface area contributed by atoms with Gasteiger partial charge in [-0.25, -0.2) is 0 Å². The Morgan fingerprint density at radius 2 is 1.91 bits per heavy atom. The van der Waals surface area contributed by atoms with Gasteiger partial charge in [-0.1, -0.05) is 42.5 Å². The number of nitrogens with zero attached hydrogens (tertiary/aromatic N) is 2. The lowest BCUT2D eigenvalue weighted by atomic mass is 10.1. The van der Waals surface area contributed by atoms with Crippen molar-refractivity contribution in [2.45, 2.75) is 38.3 Å². The molecule has 0 aliphatic heterocycles. The van der Waals surface area contributed by atoms with Gasteiger partial charge in [0, 0.05) is 18.6 Å². The number of rotatable bonds is 7. The van der Waals surface area contributed by atoms with Crippen LogP contribution in [0.1, 0.15) is 25.3 Å². The molecule has 0 heterocycles. The molecule has 1 unspecified atom stereocenters. The molecule has 0 aromatic heterocycles. The van der Waals surface area contributed by atoms with E-state index < -0.39 is 0 Å². The minimum atomic E-state index is 0.398. The lowest BCUT2D eigenvalue weighted by Gasteiger charge is -2.24. The third-order valence-corrected chi connectivity index (χ3v) is 4.20. The summed E-state index contributed by atoms with van der Waals surface area (Å²) in [6.45, 7) is 3.78. The maximum Gasteiger partial charge on any atom is 0.191 e. The summed E-state index contributed by atoms with van der Waals surface area (Å²) in [4.78, 5) is 7.08. The van der Waals surface area contributed by atoms with Gasteiger partial charge in [0.25, 0.3) is 0 Å². The molecule has 1 atom stereocenters. The highest BCUT2D eigenvalue weighted by Gasteiger charge is 2.14. The Balaban J connectivity index is 1.95. The molecule has 1 aromatic rings. The number of guanidine groups is 1. The molecule has 23 heavy (non-hydrogen) atoms. The Hall–Kier alpha value is -1.81. The number of benzene rings is 1. The van der Waals surface area contributed by atoms with Crippen molar-refractivity contribution in [3.05, 3.63) is 48.0 Å². The molecule has 0 bridgehead atoms. The molecule has 0 radical (unpaired) electrons. The van der Waals surface area contributed by atoms with Gasteiger partial charge >= 0.3 is 0 Å². The fourth-order valence-corrected chi connectivity index (χ4v) is 2.74. The van der Waals surface area contributed by atoms with Crippen LogP contribution in [0.2, 0.25) is 0 Å². The third kappa shape index (κ3) is 6.06. The van der Waals surface area contributed by atoms with Gasteiger partial charge in [0.05, 0.1) is 6.54 Å². The molecule has 1 aliphatic rings. The highest BCUT2D eigenvalue weighted by atomic mass is 15.2. The maximum atomic E-state index is 4.82. The molecule has 2 rings (SSSR count). The quantitative estimate of drug-likeness (QED) is 0.461. The summed E-state index contributed by atoms with van der Waals surface area (Å²) in [6.07, 6.45) is 7.66. The van der Waals surface area contributed by atoms with Gasteiger partial charge in [0.2, 0.25) is 0 Å². The van der Waals surface area contributed by atoms with Crippen molar-refractivity contribution < 1.29 is 0 Å². The zero-order valence-corrected chi connectivity index (χ0v) is 14.6. The normalized spacial score (nSPS) is 16.8. The molecule has 1 aliphatic carbocycles. The zero-order chi connectivity index (χ0) is 16.5. The van der Waals surface area contributed by atoms with Crippen LogP contribution in [0.3, 0.4) is 0 Å². The van der Waals surface area contributed by atoms with Crippen molar-refractivity contribution in [1.82, 2.24) is 15.5 Å². The van der Waals surface area contributed by atoms with Crippen LogP contribution in [0.25, 0.3) is 0 Å². The first-order valence-corrected chi connectivity index (χ1v) is 8.59. The zero-order valence-electron chi connectivity index (χ0n) is 14.6. The Morgan fingerprint density at radius 1 is 1.22 bits per heavy atom. The molecule has 0 spiro atoms. The van der Waals surface area contributed by atoms with Gasteiger partial charge in [-0.15, -0.1) is 0 Å². The number of likely N-dealkylation sites (N-methyl/N-ethyl adjacent to an activating group) is 1. The Labute approximate surface area is 140 Å². The fourth-order valence-electron chi connectivity index (χ4n) is 2.74. The highest BCUT2D eigenvalue weighted by molar-refractivity contribution is 5.80. The van der Waals surface area contributed by atoms with Gasteiger partial charge in [-0.3, -0.25) is 4.99 Å². The van der Waals surface area contributed by atoms with Crippen molar-refractivity contribution >= 4 is 5.96 Å². The van der Waals surface area contributed by atoms with Crippen molar-refractivity contribution in [3.63, 3.8) is 0 Å². The first-order valence-electron chi connectivity index (χ1n) is 8.59. The minimum Gasteiger partial charge on any atom is -0.357 e. The molecular formula is C19H30N4. The second kappa shape index (κ2) is 9.36. The second-order valence-corrected chi connectivity index (χ2v) is 6.31. The first kappa shape index (κ1) is 17.5. The molecule has 4 nitrogen and oxygen atoms in total. The molecule has 0 saturated heterocycles. The number of hydrogen-bond donors (Lipinski definition) is 2. The summed E-state index contributed by atoms with van der Waals surface area (Å²) in [5, 5.41) is 6.89. The van der Waals surface area contributed by atoms with E-state index in [1.54, 1.807) is 0 Å². The second-order valence-electron chi connectivity index (χ2n) is 6.31. The molecule has 2 N–H and O–H groups in total. The fraction of sp³-hybridized carbons (Fsp3) is 0.526. The van der Waals surface area contributed by atoms with Crippen LogP contribution >= 0.6 is 0 Å². The van der Waals surface area contributed by atoms with Crippen LogP contribution < -0.4 is 10.6 Å². The summed E-state index contributed by atoms with van der Waals surface area (Å²) in [5.74, 6) is 0.932. The smallest absolute Gasteiger partial charge is 0.191 e. The van der Waals surface area contributed by atoms with Crippen molar-refractivity contribution in [1.29, 1.82) is 0 Å². The SMILES string of the molecule is CCNC(=NCC(Cc1ccccc1)N(C)C)NC1CC=CC1. The van der Waals surface area contributed by atoms with Crippen LogP contribution in [-0.2, 0) is 6.42 Å². The lowest BCUT2D eigenvalue weighted by Crippen LogP contribution is -2.43. The number of nitrogens with one attached hydrogen (secondary N) is 2. The Kier molecular flexibility index (Phi) is 7.14. The van der Waals surface area contributed by atoms with Gasteiger partial charge in [-0.2, -0.15) is 0 Å². The molecule has 4 heteroatoms. The standard InChI is InChI=1S/C19H30N4/c1-4-20-19(22-17-12-8-9-13-17)21-15-18(23(2)3)14-16-10-6-5-7-11-16/h5-11,17-18H,4,12-15H2,1-3H3,(H2,20,21,22).